The van der Waals surface area contributed by atoms with Gasteiger partial charge < -0.3 is 14.2 Å². The fourth-order valence-electron chi connectivity index (χ4n) is 3.13. The van der Waals surface area contributed by atoms with E-state index in [-0.39, 0.29) is 43.0 Å². The highest BCUT2D eigenvalue weighted by Gasteiger charge is 2.20. The molecule has 38 heavy (non-hydrogen) atoms. The van der Waals surface area contributed by atoms with Crippen molar-refractivity contribution in [2.24, 2.45) is 0 Å². The van der Waals surface area contributed by atoms with Crippen molar-refractivity contribution in [3.63, 3.8) is 0 Å². The number of hydrogen-bond donors (Lipinski definition) is 2. The number of hydrogen-bond acceptors (Lipinski definition) is 9. The molecule has 4 rings (SSSR count). The van der Waals surface area contributed by atoms with Crippen LogP contribution in [-0.4, -0.2) is 48.7 Å². The molecule has 0 aliphatic heterocycles. The van der Waals surface area contributed by atoms with E-state index in [9.17, 15) is 12.8 Å². The third-order valence-electron chi connectivity index (χ3n) is 4.95. The molecule has 0 saturated carbocycles. The van der Waals surface area contributed by atoms with Crippen LogP contribution in [0.3, 0.4) is 0 Å². The molecule has 198 valence electrons. The van der Waals surface area contributed by atoms with E-state index in [2.05, 4.69) is 29.4 Å². The topological polar surface area (TPSA) is 137 Å². The number of aromatic nitrogens is 4. The minimum Gasteiger partial charge on any atom is -0.494 e. The molecule has 11 nitrogen and oxygen atoms in total. The van der Waals surface area contributed by atoms with Crippen molar-refractivity contribution in [2.75, 3.05) is 25.0 Å². The van der Waals surface area contributed by atoms with E-state index in [0.717, 1.165) is 0 Å². The van der Waals surface area contributed by atoms with Crippen LogP contribution in [0.25, 0.3) is 11.1 Å². The van der Waals surface area contributed by atoms with Gasteiger partial charge in [0.15, 0.2) is 11.6 Å². The Bertz CT molecular complexity index is 1460. The minimum absolute atomic E-state index is 0.0247. The summed E-state index contributed by atoms with van der Waals surface area (Å²) >= 11 is 6.03. The van der Waals surface area contributed by atoms with Crippen molar-refractivity contribution in [1.29, 1.82) is 0 Å². The second-order valence-electron chi connectivity index (χ2n) is 7.56. The van der Waals surface area contributed by atoms with Crippen molar-refractivity contribution in [1.82, 2.24) is 24.7 Å². The van der Waals surface area contributed by atoms with Gasteiger partial charge in [-0.3, -0.25) is 4.72 Å². The van der Waals surface area contributed by atoms with Gasteiger partial charge in [0.25, 0.3) is 0 Å². The molecule has 0 atom stereocenters. The number of ether oxygens (including phenoxy) is 3. The summed E-state index contributed by atoms with van der Waals surface area (Å²) < 4.78 is 59.8. The fraction of sp³-hybridized carbons (Fsp3) is 0.167. The smallest absolute Gasteiger partial charge is 0.316 e. The number of rotatable bonds is 12. The number of benzene rings is 2. The molecular formula is C24H22ClFN6O5S. The summed E-state index contributed by atoms with van der Waals surface area (Å²) in [6.45, 7) is 0.0593. The highest BCUT2D eigenvalue weighted by Crippen LogP contribution is 2.34. The number of nitrogens with zero attached hydrogens (tertiary/aromatic N) is 4. The first kappa shape index (κ1) is 27.0. The Balaban J connectivity index is 1.50. The lowest BCUT2D eigenvalue weighted by molar-refractivity contribution is 0.201. The van der Waals surface area contributed by atoms with E-state index in [4.69, 9.17) is 25.8 Å². The Kier molecular flexibility index (Phi) is 8.84. The third kappa shape index (κ3) is 7.47. The summed E-state index contributed by atoms with van der Waals surface area (Å²) in [6, 6.07) is 12.2. The molecule has 4 aromatic rings. The zero-order chi connectivity index (χ0) is 27.0. The van der Waals surface area contributed by atoms with E-state index in [1.807, 2.05) is 0 Å². The standard InChI is InChI=1S/C24H22ClFN6O5S/c1-35-20-13-27-24(28-14-20)37-11-10-36-23-21(17-4-6-18(25)7-5-17)22(29-15-30-23)32-38(33,34)31-12-16-2-8-19(26)9-3-16/h2-9,13-15,31H,10-12H2,1H3,(H,29,30,32). The van der Waals surface area contributed by atoms with Gasteiger partial charge >= 0.3 is 16.2 Å². The molecular weight excluding hydrogens is 539 g/mol. The second kappa shape index (κ2) is 12.4. The lowest BCUT2D eigenvalue weighted by Gasteiger charge is -2.16. The monoisotopic (exact) mass is 560 g/mol. The molecule has 0 unspecified atom stereocenters. The van der Waals surface area contributed by atoms with Crippen molar-refractivity contribution < 1.29 is 27.0 Å². The lowest BCUT2D eigenvalue weighted by atomic mass is 10.1. The molecule has 2 aromatic heterocycles. The molecule has 0 amide bonds. The van der Waals surface area contributed by atoms with Gasteiger partial charge in [-0.2, -0.15) is 23.1 Å². The van der Waals surface area contributed by atoms with E-state index in [1.54, 1.807) is 24.3 Å². The van der Waals surface area contributed by atoms with Crippen LogP contribution in [0.2, 0.25) is 5.02 Å². The Morgan fingerprint density at radius 1 is 0.921 bits per heavy atom. The third-order valence-corrected chi connectivity index (χ3v) is 6.19. The maximum atomic E-state index is 13.1. The first-order valence-corrected chi connectivity index (χ1v) is 12.9. The zero-order valence-corrected chi connectivity index (χ0v) is 21.5. The van der Waals surface area contributed by atoms with E-state index >= 15 is 0 Å². The molecule has 14 heteroatoms. The number of nitrogens with one attached hydrogen (secondary N) is 2. The van der Waals surface area contributed by atoms with E-state index < -0.39 is 16.0 Å². The first-order chi connectivity index (χ1) is 18.3. The maximum Gasteiger partial charge on any atom is 0.316 e. The summed E-state index contributed by atoms with van der Waals surface area (Å²) in [5, 5.41) is 0.490. The Morgan fingerprint density at radius 2 is 1.61 bits per heavy atom. The quantitative estimate of drug-likeness (QED) is 0.249. The Labute approximate surface area is 223 Å². The van der Waals surface area contributed by atoms with Crippen LogP contribution < -0.4 is 23.7 Å². The van der Waals surface area contributed by atoms with Crippen LogP contribution in [0.1, 0.15) is 5.56 Å². The lowest BCUT2D eigenvalue weighted by Crippen LogP contribution is -2.30. The van der Waals surface area contributed by atoms with Gasteiger partial charge in [0, 0.05) is 11.6 Å². The molecule has 0 spiro atoms. The highest BCUT2D eigenvalue weighted by atomic mass is 35.5. The summed E-state index contributed by atoms with van der Waals surface area (Å²) in [5.41, 5.74) is 1.42. The Morgan fingerprint density at radius 3 is 2.29 bits per heavy atom. The SMILES string of the molecule is COc1cnc(OCCOc2ncnc(NS(=O)(=O)NCc3ccc(F)cc3)c2-c2ccc(Cl)cc2)nc1. The van der Waals surface area contributed by atoms with Gasteiger partial charge in [-0.15, -0.1) is 0 Å². The summed E-state index contributed by atoms with van der Waals surface area (Å²) in [5.74, 6) is 0.156. The molecule has 0 saturated heterocycles. The van der Waals surface area contributed by atoms with Crippen molar-refractivity contribution >= 4 is 27.6 Å². The average Bonchev–Trinajstić information content (AvgIpc) is 2.92. The average molecular weight is 561 g/mol. The molecule has 2 heterocycles. The van der Waals surface area contributed by atoms with Gasteiger partial charge in [-0.05, 0) is 35.4 Å². The van der Waals surface area contributed by atoms with Crippen LogP contribution in [-0.2, 0) is 16.8 Å². The molecule has 0 radical (unpaired) electrons. The molecule has 0 aliphatic rings. The van der Waals surface area contributed by atoms with Gasteiger partial charge in [0.05, 0.1) is 25.1 Å². The summed E-state index contributed by atoms with van der Waals surface area (Å²) in [7, 11) is -2.58. The van der Waals surface area contributed by atoms with Gasteiger partial charge in [-0.25, -0.2) is 14.4 Å². The molecule has 2 aromatic carbocycles. The van der Waals surface area contributed by atoms with Gasteiger partial charge in [0.2, 0.25) is 5.88 Å². The molecule has 0 bridgehead atoms. The van der Waals surface area contributed by atoms with E-state index in [1.165, 1.54) is 50.1 Å². The fourth-order valence-corrected chi connectivity index (χ4v) is 4.10. The zero-order valence-electron chi connectivity index (χ0n) is 20.0. The van der Waals surface area contributed by atoms with Crippen molar-refractivity contribution in [3.05, 3.63) is 83.7 Å². The summed E-state index contributed by atoms with van der Waals surface area (Å²) in [6.07, 6.45) is 4.10. The van der Waals surface area contributed by atoms with Crippen molar-refractivity contribution in [2.45, 2.75) is 6.54 Å². The number of methoxy groups -OCH3 is 1. The van der Waals surface area contributed by atoms with Crippen molar-refractivity contribution in [3.8, 4) is 28.8 Å². The van der Waals surface area contributed by atoms with Gasteiger partial charge in [-0.1, -0.05) is 35.9 Å². The van der Waals surface area contributed by atoms with Gasteiger partial charge in [0.1, 0.15) is 25.4 Å². The van der Waals surface area contributed by atoms with Crippen LogP contribution in [0.5, 0.6) is 17.6 Å². The van der Waals surface area contributed by atoms with E-state index in [0.29, 0.717) is 21.9 Å². The van der Waals surface area contributed by atoms with Crippen LogP contribution >= 0.6 is 11.6 Å². The second-order valence-corrected chi connectivity index (χ2v) is 9.50. The molecule has 2 N–H and O–H groups in total. The predicted molar refractivity (Wildman–Crippen MR) is 138 cm³/mol. The largest absolute Gasteiger partial charge is 0.494 e. The predicted octanol–water partition coefficient (Wildman–Crippen LogP) is 3.64. The number of halogens is 2. The molecule has 0 fully saturated rings. The summed E-state index contributed by atoms with van der Waals surface area (Å²) in [4.78, 5) is 16.3. The van der Waals surface area contributed by atoms with Crippen LogP contribution in [0, 0.1) is 5.82 Å². The number of anilines is 1. The van der Waals surface area contributed by atoms with Crippen LogP contribution in [0.4, 0.5) is 10.2 Å². The normalized spacial score (nSPS) is 11.1. The maximum absolute atomic E-state index is 13.1. The minimum atomic E-state index is -4.08. The van der Waals surface area contributed by atoms with Crippen LogP contribution in [0.15, 0.2) is 67.3 Å². The molecule has 0 aliphatic carbocycles. The highest BCUT2D eigenvalue weighted by molar-refractivity contribution is 7.90. The first-order valence-electron chi connectivity index (χ1n) is 11.1. The Hall–Kier alpha value is -4.07.